The minimum atomic E-state index is -0.769. The smallest absolute Gasteiger partial charge is 0.320 e. The minimum absolute atomic E-state index is 0.0502. The molecule has 1 N–H and O–H groups in total. The standard InChI is InChI=1S/C14H26N2O3S/c1-5-6-14(12(17)18)7-8-16(10-14)13(19)15(3)11(2)9-20-4/h11H,5-10H2,1-4H3,(H,17,18). The van der Waals surface area contributed by atoms with E-state index in [0.717, 1.165) is 12.2 Å². The van der Waals surface area contributed by atoms with Crippen LogP contribution in [-0.4, -0.2) is 65.1 Å². The molecule has 1 aliphatic heterocycles. The van der Waals surface area contributed by atoms with E-state index < -0.39 is 11.4 Å². The second kappa shape index (κ2) is 7.20. The second-order valence-corrected chi connectivity index (χ2v) is 6.62. The van der Waals surface area contributed by atoms with Crippen LogP contribution in [0, 0.1) is 5.41 Å². The molecule has 5 nitrogen and oxygen atoms in total. The number of carboxylic acids is 1. The van der Waals surface area contributed by atoms with Crippen molar-refractivity contribution in [1.29, 1.82) is 0 Å². The van der Waals surface area contributed by atoms with Crippen molar-refractivity contribution in [2.45, 2.75) is 39.2 Å². The SMILES string of the molecule is CCCC1(C(=O)O)CCN(C(=O)N(C)C(C)CSC)C1. The lowest BCUT2D eigenvalue weighted by Crippen LogP contribution is -2.46. The summed E-state index contributed by atoms with van der Waals surface area (Å²) in [5.74, 6) is 0.115. The Balaban J connectivity index is 2.71. The summed E-state index contributed by atoms with van der Waals surface area (Å²) >= 11 is 1.70. The molecule has 1 aliphatic rings. The van der Waals surface area contributed by atoms with Gasteiger partial charge in [-0.15, -0.1) is 0 Å². The summed E-state index contributed by atoms with van der Waals surface area (Å²) in [6.07, 6.45) is 4.04. The summed E-state index contributed by atoms with van der Waals surface area (Å²) in [6.45, 7) is 4.88. The third kappa shape index (κ3) is 3.59. The number of carboxylic acid groups (broad SMARTS) is 1. The number of nitrogens with zero attached hydrogens (tertiary/aromatic N) is 2. The lowest BCUT2D eigenvalue weighted by atomic mass is 9.83. The van der Waals surface area contributed by atoms with Crippen molar-refractivity contribution < 1.29 is 14.7 Å². The van der Waals surface area contributed by atoms with Gasteiger partial charge >= 0.3 is 12.0 Å². The molecular formula is C14H26N2O3S. The fraction of sp³-hybridized carbons (Fsp3) is 0.857. The predicted molar refractivity (Wildman–Crippen MR) is 82.2 cm³/mol. The molecule has 0 bridgehead atoms. The maximum atomic E-state index is 12.4. The normalized spacial score (nSPS) is 23.7. The molecule has 1 heterocycles. The monoisotopic (exact) mass is 302 g/mol. The summed E-state index contributed by atoms with van der Waals surface area (Å²) in [4.78, 5) is 27.4. The van der Waals surface area contributed by atoms with E-state index in [4.69, 9.17) is 0 Å². The Labute approximate surface area is 125 Å². The van der Waals surface area contributed by atoms with Crippen LogP contribution in [0.3, 0.4) is 0 Å². The van der Waals surface area contributed by atoms with E-state index in [1.54, 1.807) is 28.6 Å². The molecule has 116 valence electrons. The van der Waals surface area contributed by atoms with Gasteiger partial charge in [-0.2, -0.15) is 11.8 Å². The molecule has 6 heteroatoms. The van der Waals surface area contributed by atoms with Crippen LogP contribution in [0.1, 0.15) is 33.1 Å². The Morgan fingerprint density at radius 2 is 2.15 bits per heavy atom. The Morgan fingerprint density at radius 3 is 2.65 bits per heavy atom. The molecule has 1 rings (SSSR count). The fourth-order valence-corrected chi connectivity index (χ4v) is 3.47. The Hall–Kier alpha value is -0.910. The van der Waals surface area contributed by atoms with Crippen LogP contribution in [0.25, 0.3) is 0 Å². The molecule has 1 fully saturated rings. The van der Waals surface area contributed by atoms with Crippen molar-refractivity contribution in [1.82, 2.24) is 9.80 Å². The number of aliphatic carboxylic acids is 1. The summed E-state index contributed by atoms with van der Waals surface area (Å²) in [5, 5.41) is 9.47. The maximum Gasteiger partial charge on any atom is 0.320 e. The van der Waals surface area contributed by atoms with Crippen molar-refractivity contribution in [2.75, 3.05) is 32.1 Å². The number of likely N-dealkylation sites (tertiary alicyclic amines) is 1. The topological polar surface area (TPSA) is 60.9 Å². The first-order valence-electron chi connectivity index (χ1n) is 7.12. The van der Waals surface area contributed by atoms with Crippen molar-refractivity contribution in [3.05, 3.63) is 0 Å². The van der Waals surface area contributed by atoms with Crippen LogP contribution in [0.2, 0.25) is 0 Å². The van der Waals surface area contributed by atoms with E-state index in [1.165, 1.54) is 0 Å². The number of amides is 2. The minimum Gasteiger partial charge on any atom is -0.481 e. The number of carbonyl (C=O) groups excluding carboxylic acids is 1. The Morgan fingerprint density at radius 1 is 1.50 bits per heavy atom. The van der Waals surface area contributed by atoms with Crippen LogP contribution in [0.4, 0.5) is 4.79 Å². The van der Waals surface area contributed by atoms with Gasteiger partial charge in [0, 0.05) is 31.9 Å². The van der Waals surface area contributed by atoms with Crippen LogP contribution < -0.4 is 0 Å². The van der Waals surface area contributed by atoms with Gasteiger partial charge in [0.05, 0.1) is 5.41 Å². The molecule has 2 amide bonds. The average molecular weight is 302 g/mol. The molecule has 0 aromatic carbocycles. The molecule has 0 spiro atoms. The summed E-state index contributed by atoms with van der Waals surface area (Å²) < 4.78 is 0. The van der Waals surface area contributed by atoms with Gasteiger partial charge in [0.1, 0.15) is 0 Å². The zero-order chi connectivity index (χ0) is 15.3. The summed E-state index contributed by atoms with van der Waals surface area (Å²) in [5.41, 5.74) is -0.742. The number of hydrogen-bond acceptors (Lipinski definition) is 3. The molecule has 0 aromatic heterocycles. The highest BCUT2D eigenvalue weighted by Gasteiger charge is 2.46. The third-order valence-electron chi connectivity index (χ3n) is 4.18. The van der Waals surface area contributed by atoms with Crippen LogP contribution in [-0.2, 0) is 4.79 Å². The first-order chi connectivity index (χ1) is 9.38. The van der Waals surface area contributed by atoms with Crippen molar-refractivity contribution in [3.63, 3.8) is 0 Å². The highest BCUT2D eigenvalue weighted by atomic mass is 32.2. The first-order valence-corrected chi connectivity index (χ1v) is 8.51. The summed E-state index contributed by atoms with van der Waals surface area (Å²) in [7, 11) is 1.80. The number of urea groups is 1. The van der Waals surface area contributed by atoms with Gasteiger partial charge in [-0.1, -0.05) is 13.3 Å². The molecule has 0 aliphatic carbocycles. The van der Waals surface area contributed by atoms with Gasteiger partial charge in [0.2, 0.25) is 0 Å². The van der Waals surface area contributed by atoms with Crippen molar-refractivity contribution in [2.24, 2.45) is 5.41 Å². The van der Waals surface area contributed by atoms with Crippen LogP contribution in [0.5, 0.6) is 0 Å². The number of hydrogen-bond donors (Lipinski definition) is 1. The molecule has 2 atom stereocenters. The molecular weight excluding hydrogens is 276 g/mol. The van der Waals surface area contributed by atoms with Crippen LogP contribution in [0.15, 0.2) is 0 Å². The Kier molecular flexibility index (Phi) is 6.17. The fourth-order valence-electron chi connectivity index (χ4n) is 2.76. The molecule has 20 heavy (non-hydrogen) atoms. The first kappa shape index (κ1) is 17.1. The predicted octanol–water partition coefficient (Wildman–Crippen LogP) is 2.37. The lowest BCUT2D eigenvalue weighted by Gasteiger charge is -2.30. The van der Waals surface area contributed by atoms with E-state index in [-0.39, 0.29) is 12.1 Å². The molecule has 2 unspecified atom stereocenters. The number of rotatable bonds is 6. The largest absolute Gasteiger partial charge is 0.481 e. The van der Waals surface area contributed by atoms with E-state index in [1.807, 2.05) is 20.1 Å². The van der Waals surface area contributed by atoms with E-state index in [0.29, 0.717) is 25.9 Å². The van der Waals surface area contributed by atoms with Gasteiger partial charge in [-0.25, -0.2) is 4.79 Å². The van der Waals surface area contributed by atoms with Crippen molar-refractivity contribution >= 4 is 23.8 Å². The Bertz CT molecular complexity index is 364. The zero-order valence-electron chi connectivity index (χ0n) is 12.9. The highest BCUT2D eigenvalue weighted by molar-refractivity contribution is 7.98. The molecule has 0 aromatic rings. The lowest BCUT2D eigenvalue weighted by molar-refractivity contribution is -0.148. The van der Waals surface area contributed by atoms with E-state index in [9.17, 15) is 14.7 Å². The van der Waals surface area contributed by atoms with Crippen LogP contribution >= 0.6 is 11.8 Å². The van der Waals surface area contributed by atoms with Gasteiger partial charge < -0.3 is 14.9 Å². The van der Waals surface area contributed by atoms with Gasteiger partial charge in [0.15, 0.2) is 0 Å². The van der Waals surface area contributed by atoms with Crippen molar-refractivity contribution in [3.8, 4) is 0 Å². The number of carbonyl (C=O) groups is 2. The quantitative estimate of drug-likeness (QED) is 0.818. The second-order valence-electron chi connectivity index (χ2n) is 5.70. The summed E-state index contributed by atoms with van der Waals surface area (Å²) in [6, 6.07) is 0.106. The van der Waals surface area contributed by atoms with Gasteiger partial charge in [-0.05, 0) is 26.0 Å². The molecule has 0 radical (unpaired) electrons. The molecule has 0 saturated carbocycles. The zero-order valence-corrected chi connectivity index (χ0v) is 13.7. The van der Waals surface area contributed by atoms with Gasteiger partial charge in [0.25, 0.3) is 0 Å². The van der Waals surface area contributed by atoms with E-state index in [2.05, 4.69) is 0 Å². The third-order valence-corrected chi connectivity index (χ3v) is 4.99. The van der Waals surface area contributed by atoms with Gasteiger partial charge in [-0.3, -0.25) is 4.79 Å². The highest BCUT2D eigenvalue weighted by Crippen LogP contribution is 2.36. The number of thioether (sulfide) groups is 1. The maximum absolute atomic E-state index is 12.4. The van der Waals surface area contributed by atoms with E-state index >= 15 is 0 Å². The molecule has 1 saturated heterocycles. The average Bonchev–Trinajstić information content (AvgIpc) is 2.83.